The van der Waals surface area contributed by atoms with E-state index in [9.17, 15) is 4.79 Å². The van der Waals surface area contributed by atoms with Gasteiger partial charge in [-0.25, -0.2) is 4.79 Å². The highest BCUT2D eigenvalue weighted by atomic mass is 16.2. The van der Waals surface area contributed by atoms with Crippen LogP contribution in [0.5, 0.6) is 0 Å². The second kappa shape index (κ2) is 15.5. The van der Waals surface area contributed by atoms with Crippen LogP contribution in [0.25, 0.3) is 0 Å². The lowest BCUT2D eigenvalue weighted by Gasteiger charge is -2.24. The number of hydrogen-bond acceptors (Lipinski definition) is 1. The van der Waals surface area contributed by atoms with Gasteiger partial charge in [-0.3, -0.25) is 0 Å². The molecule has 0 spiro atoms. The van der Waals surface area contributed by atoms with Crippen LogP contribution in [0.4, 0.5) is 10.5 Å². The molecule has 0 heterocycles. The van der Waals surface area contributed by atoms with Crippen LogP contribution in [-0.2, 0) is 6.54 Å². The zero-order valence-corrected chi connectivity index (χ0v) is 19.7. The highest BCUT2D eigenvalue weighted by molar-refractivity contribution is 5.90. The van der Waals surface area contributed by atoms with Crippen molar-refractivity contribution in [3.05, 3.63) is 65.7 Å². The summed E-state index contributed by atoms with van der Waals surface area (Å²) in [6.07, 6.45) is 14.5. The van der Waals surface area contributed by atoms with Crippen molar-refractivity contribution in [2.24, 2.45) is 0 Å². The van der Waals surface area contributed by atoms with E-state index in [0.717, 1.165) is 24.2 Å². The first kappa shape index (κ1) is 25.0. The average Bonchev–Trinajstić information content (AvgIpc) is 2.79. The molecule has 0 aliphatic rings. The van der Waals surface area contributed by atoms with Gasteiger partial charge >= 0.3 is 6.03 Å². The Balaban J connectivity index is 1.73. The van der Waals surface area contributed by atoms with Gasteiger partial charge in [0.15, 0.2) is 0 Å². The van der Waals surface area contributed by atoms with Crippen LogP contribution in [-0.4, -0.2) is 17.5 Å². The van der Waals surface area contributed by atoms with E-state index >= 15 is 0 Å². The summed E-state index contributed by atoms with van der Waals surface area (Å²) in [6.45, 7) is 5.74. The van der Waals surface area contributed by atoms with Crippen molar-refractivity contribution in [3.63, 3.8) is 0 Å². The number of nitrogens with one attached hydrogen (secondary N) is 1. The van der Waals surface area contributed by atoms with Crippen molar-refractivity contribution < 1.29 is 4.79 Å². The Labute approximate surface area is 190 Å². The highest BCUT2D eigenvalue weighted by Gasteiger charge is 2.14. The predicted octanol–water partition coefficient (Wildman–Crippen LogP) is 8.34. The number of urea groups is 1. The first-order valence-corrected chi connectivity index (χ1v) is 12.4. The lowest BCUT2D eigenvalue weighted by molar-refractivity contribution is 0.207. The molecule has 3 nitrogen and oxygen atoms in total. The number of nitrogens with zero attached hydrogens (tertiary/aromatic N) is 1. The molecule has 3 heteroatoms. The molecule has 0 aliphatic carbocycles. The molecule has 170 valence electrons. The minimum Gasteiger partial charge on any atom is -0.320 e. The molecule has 0 bridgehead atoms. The third kappa shape index (κ3) is 10.5. The summed E-state index contributed by atoms with van der Waals surface area (Å²) in [4.78, 5) is 15.0. The smallest absolute Gasteiger partial charge is 0.320 e. The SMILES string of the molecule is CCCCCCCCCCCCCN(Cc1ccccc1)C(=O)Nc1ccccc1C. The third-order valence-electron chi connectivity index (χ3n) is 5.92. The van der Waals surface area contributed by atoms with Crippen molar-refractivity contribution in [2.75, 3.05) is 11.9 Å². The van der Waals surface area contributed by atoms with Gasteiger partial charge in [0.1, 0.15) is 0 Å². The molecule has 0 saturated heterocycles. The van der Waals surface area contributed by atoms with Crippen LogP contribution >= 0.6 is 0 Å². The number of benzene rings is 2. The molecule has 0 atom stereocenters. The molecule has 0 fully saturated rings. The lowest BCUT2D eigenvalue weighted by atomic mass is 10.1. The number of unbranched alkanes of at least 4 members (excludes halogenated alkanes) is 10. The molecule has 0 aromatic heterocycles. The van der Waals surface area contributed by atoms with Crippen molar-refractivity contribution in [2.45, 2.75) is 91.0 Å². The van der Waals surface area contributed by atoms with E-state index in [0.29, 0.717) is 6.54 Å². The molecule has 2 aromatic rings. The maximum atomic E-state index is 13.0. The van der Waals surface area contributed by atoms with Gasteiger partial charge in [-0.2, -0.15) is 0 Å². The van der Waals surface area contributed by atoms with E-state index in [1.807, 2.05) is 54.3 Å². The molecule has 2 aromatic carbocycles. The summed E-state index contributed by atoms with van der Waals surface area (Å²) < 4.78 is 0. The summed E-state index contributed by atoms with van der Waals surface area (Å²) in [5.74, 6) is 0. The van der Waals surface area contributed by atoms with Gasteiger partial charge < -0.3 is 10.2 Å². The predicted molar refractivity (Wildman–Crippen MR) is 134 cm³/mol. The Morgan fingerprint density at radius 2 is 1.29 bits per heavy atom. The minimum atomic E-state index is -0.00904. The number of amides is 2. The first-order valence-electron chi connectivity index (χ1n) is 12.4. The molecule has 1 N–H and O–H groups in total. The van der Waals surface area contributed by atoms with Gasteiger partial charge in [-0.05, 0) is 30.5 Å². The molecule has 31 heavy (non-hydrogen) atoms. The van der Waals surface area contributed by atoms with Crippen LogP contribution in [0.1, 0.15) is 88.7 Å². The maximum absolute atomic E-state index is 13.0. The minimum absolute atomic E-state index is 0.00904. The lowest BCUT2D eigenvalue weighted by Crippen LogP contribution is -2.35. The fourth-order valence-corrected chi connectivity index (χ4v) is 3.93. The average molecular weight is 423 g/mol. The molecule has 0 aliphatic heterocycles. The van der Waals surface area contributed by atoms with Crippen molar-refractivity contribution in [1.29, 1.82) is 0 Å². The van der Waals surface area contributed by atoms with Gasteiger partial charge in [0.05, 0.1) is 0 Å². The monoisotopic (exact) mass is 422 g/mol. The molecule has 0 radical (unpaired) electrons. The van der Waals surface area contributed by atoms with Crippen molar-refractivity contribution in [1.82, 2.24) is 4.90 Å². The van der Waals surface area contributed by atoms with Gasteiger partial charge in [-0.15, -0.1) is 0 Å². The zero-order valence-electron chi connectivity index (χ0n) is 19.7. The highest BCUT2D eigenvalue weighted by Crippen LogP contribution is 2.16. The molecule has 2 amide bonds. The van der Waals surface area contributed by atoms with Gasteiger partial charge in [0, 0.05) is 18.8 Å². The standard InChI is InChI=1S/C28H42N2O/c1-3-4-5-6-7-8-9-10-11-12-18-23-30(24-26-20-14-13-15-21-26)28(31)29-27-22-17-16-19-25(27)2/h13-17,19-22H,3-12,18,23-24H2,1-2H3,(H,29,31). The topological polar surface area (TPSA) is 32.3 Å². The maximum Gasteiger partial charge on any atom is 0.322 e. The summed E-state index contributed by atoms with van der Waals surface area (Å²) in [7, 11) is 0. The number of para-hydroxylation sites is 1. The van der Waals surface area contributed by atoms with Gasteiger partial charge in [0.25, 0.3) is 0 Å². The summed E-state index contributed by atoms with van der Waals surface area (Å²) >= 11 is 0. The number of rotatable bonds is 15. The van der Waals surface area contributed by atoms with E-state index in [2.05, 4.69) is 24.4 Å². The van der Waals surface area contributed by atoms with E-state index in [4.69, 9.17) is 0 Å². The Bertz CT molecular complexity index is 729. The second-order valence-electron chi connectivity index (χ2n) is 8.69. The zero-order chi connectivity index (χ0) is 22.2. The van der Waals surface area contributed by atoms with E-state index in [1.54, 1.807) is 0 Å². The quantitative estimate of drug-likeness (QED) is 0.287. The normalized spacial score (nSPS) is 10.8. The molecule has 0 unspecified atom stereocenters. The number of carbonyl (C=O) groups is 1. The number of hydrogen-bond donors (Lipinski definition) is 1. The number of anilines is 1. The van der Waals surface area contributed by atoms with Crippen molar-refractivity contribution >= 4 is 11.7 Å². The van der Waals surface area contributed by atoms with E-state index < -0.39 is 0 Å². The summed E-state index contributed by atoms with van der Waals surface area (Å²) in [5, 5.41) is 3.11. The molecular formula is C28H42N2O. The Morgan fingerprint density at radius 1 is 0.742 bits per heavy atom. The fourth-order valence-electron chi connectivity index (χ4n) is 3.93. The van der Waals surface area contributed by atoms with Gasteiger partial charge in [-0.1, -0.05) is 120 Å². The molecule has 0 saturated carbocycles. The summed E-state index contributed by atoms with van der Waals surface area (Å²) in [6, 6.07) is 18.2. The van der Waals surface area contributed by atoms with E-state index in [-0.39, 0.29) is 6.03 Å². The Morgan fingerprint density at radius 3 is 1.90 bits per heavy atom. The molecule has 2 rings (SSSR count). The fraction of sp³-hybridized carbons (Fsp3) is 0.536. The first-order chi connectivity index (χ1) is 15.2. The number of carbonyl (C=O) groups excluding carboxylic acids is 1. The number of aryl methyl sites for hydroxylation is 1. The summed E-state index contributed by atoms with van der Waals surface area (Å²) in [5.41, 5.74) is 3.15. The van der Waals surface area contributed by atoms with Crippen LogP contribution < -0.4 is 5.32 Å². The third-order valence-corrected chi connectivity index (χ3v) is 5.92. The van der Waals surface area contributed by atoms with Crippen LogP contribution in [0.15, 0.2) is 54.6 Å². The molecular weight excluding hydrogens is 380 g/mol. The van der Waals surface area contributed by atoms with Crippen LogP contribution in [0, 0.1) is 6.92 Å². The second-order valence-corrected chi connectivity index (χ2v) is 8.69. The Kier molecular flexibility index (Phi) is 12.5. The largest absolute Gasteiger partial charge is 0.322 e. The van der Waals surface area contributed by atoms with Gasteiger partial charge in [0.2, 0.25) is 0 Å². The van der Waals surface area contributed by atoms with E-state index in [1.165, 1.54) is 69.8 Å². The van der Waals surface area contributed by atoms with Crippen LogP contribution in [0.2, 0.25) is 0 Å². The van der Waals surface area contributed by atoms with Crippen molar-refractivity contribution in [3.8, 4) is 0 Å². The van der Waals surface area contributed by atoms with Crippen LogP contribution in [0.3, 0.4) is 0 Å². The Hall–Kier alpha value is -2.29.